The minimum atomic E-state index is -5.20. The Morgan fingerprint density at radius 1 is 1.32 bits per heavy atom. The highest BCUT2D eigenvalue weighted by Crippen LogP contribution is 2.38. The maximum absolute atomic E-state index is 14.0. The first-order valence-corrected chi connectivity index (χ1v) is 8.97. The van der Waals surface area contributed by atoms with Crippen LogP contribution in [-0.2, 0) is 16.2 Å². The molecule has 0 unspecified atom stereocenters. The molecule has 3 rings (SSSR count). The number of ether oxygens (including phenoxy) is 1. The maximum Gasteiger partial charge on any atom is 0.419 e. The fraction of sp³-hybridized carbons (Fsp3) is 0.133. The second-order valence-electron chi connectivity index (χ2n) is 5.38. The van der Waals surface area contributed by atoms with Gasteiger partial charge in [0.1, 0.15) is 21.5 Å². The highest BCUT2D eigenvalue weighted by molar-refractivity contribution is 7.93. The normalized spacial score (nSPS) is 14.4. The lowest BCUT2D eigenvalue weighted by molar-refractivity contribution is -0.140. The maximum atomic E-state index is 14.0. The molecule has 2 aromatic heterocycles. The van der Waals surface area contributed by atoms with Gasteiger partial charge in [-0.2, -0.15) is 13.2 Å². The zero-order valence-electron chi connectivity index (χ0n) is 16.3. The number of benzene rings is 1. The Hall–Kier alpha value is -2.73. The number of methoxy groups -OCH3 is 1. The lowest BCUT2D eigenvalue weighted by atomic mass is 10.1. The van der Waals surface area contributed by atoms with E-state index < -0.39 is 56.5 Å². The van der Waals surface area contributed by atoms with E-state index in [1.165, 1.54) is 6.07 Å². The molecule has 0 spiro atoms. The predicted octanol–water partition coefficient (Wildman–Crippen LogP) is 3.25. The van der Waals surface area contributed by atoms with Crippen molar-refractivity contribution in [2.75, 3.05) is 11.8 Å². The van der Waals surface area contributed by atoms with Gasteiger partial charge in [-0.25, -0.2) is 17.3 Å². The van der Waals surface area contributed by atoms with Crippen LogP contribution in [0.5, 0.6) is 5.75 Å². The Kier molecular flexibility index (Phi) is 3.89. The van der Waals surface area contributed by atoms with Gasteiger partial charge in [-0.05, 0) is 18.2 Å². The van der Waals surface area contributed by atoms with Crippen LogP contribution in [0, 0.1) is 5.82 Å². The van der Waals surface area contributed by atoms with Gasteiger partial charge in [0.25, 0.3) is 15.6 Å². The second kappa shape index (κ2) is 6.71. The second-order valence-corrected chi connectivity index (χ2v) is 7.44. The topological polar surface area (TPSA) is 92.7 Å². The van der Waals surface area contributed by atoms with Crippen molar-refractivity contribution in [2.45, 2.75) is 11.1 Å². The minimum absolute atomic E-state index is 0.0268. The molecule has 0 saturated carbocycles. The molecule has 0 saturated heterocycles. The van der Waals surface area contributed by atoms with Gasteiger partial charge < -0.3 is 4.74 Å². The molecular weight excluding hydrogens is 430 g/mol. The van der Waals surface area contributed by atoms with E-state index in [9.17, 15) is 30.8 Å². The number of fused-ring (bicyclic) bond motifs is 1. The highest BCUT2D eigenvalue weighted by Gasteiger charge is 2.36. The third-order valence-corrected chi connectivity index (χ3v) is 5.31. The standard InChI is InChI=1S/C15H10ClF4N3O4S/c1-27-12-4-7(15(18,19)20)9(17)5-10(12)22-28(25,26)13-6-21-23-11(13)3-2-8(16)14(23)24/h2-6,21-22H,1H3/i1D3. The van der Waals surface area contributed by atoms with Crippen LogP contribution in [-0.4, -0.2) is 25.1 Å². The Bertz CT molecular complexity index is 1340. The van der Waals surface area contributed by atoms with Gasteiger partial charge in [-0.15, -0.1) is 0 Å². The molecule has 150 valence electrons. The average Bonchev–Trinajstić information content (AvgIpc) is 3.03. The molecule has 0 aliphatic heterocycles. The first-order chi connectivity index (χ1) is 14.1. The largest absolute Gasteiger partial charge is 0.495 e. The van der Waals surface area contributed by atoms with Crippen molar-refractivity contribution in [3.63, 3.8) is 0 Å². The summed E-state index contributed by atoms with van der Waals surface area (Å²) in [5, 5.41) is 2.11. The Labute approximate surface area is 163 Å². The van der Waals surface area contributed by atoms with Gasteiger partial charge in [0.2, 0.25) is 0 Å². The number of anilines is 1. The number of hydrogen-bond donors (Lipinski definition) is 2. The van der Waals surface area contributed by atoms with Crippen LogP contribution in [0.25, 0.3) is 5.52 Å². The number of hydrogen-bond acceptors (Lipinski definition) is 4. The number of nitrogens with zero attached hydrogens (tertiary/aromatic N) is 1. The monoisotopic (exact) mass is 442 g/mol. The summed E-state index contributed by atoms with van der Waals surface area (Å²) in [5.41, 5.74) is -3.74. The number of H-pyrrole nitrogens is 1. The number of alkyl halides is 3. The number of halogens is 5. The third kappa shape index (κ3) is 3.40. The van der Waals surface area contributed by atoms with Crippen LogP contribution in [0.1, 0.15) is 9.68 Å². The molecule has 0 bridgehead atoms. The summed E-state index contributed by atoms with van der Waals surface area (Å²) in [6, 6.07) is 2.45. The fourth-order valence-corrected chi connectivity index (χ4v) is 3.73. The molecule has 0 atom stereocenters. The van der Waals surface area contributed by atoms with Gasteiger partial charge >= 0.3 is 6.18 Å². The van der Waals surface area contributed by atoms with Crippen LogP contribution in [0.15, 0.2) is 40.2 Å². The lowest BCUT2D eigenvalue weighted by Gasteiger charge is -2.15. The van der Waals surface area contributed by atoms with E-state index in [1.807, 2.05) is 0 Å². The van der Waals surface area contributed by atoms with Crippen LogP contribution in [0.4, 0.5) is 23.2 Å². The summed E-state index contributed by atoms with van der Waals surface area (Å²) in [6.07, 6.45) is -4.33. The smallest absolute Gasteiger partial charge is 0.419 e. The quantitative estimate of drug-likeness (QED) is 0.607. The number of sulfonamides is 1. The Morgan fingerprint density at radius 3 is 2.68 bits per heavy atom. The molecule has 2 heterocycles. The van der Waals surface area contributed by atoms with Crippen molar-refractivity contribution in [3.8, 4) is 5.75 Å². The molecule has 3 aromatic rings. The summed E-state index contributed by atoms with van der Waals surface area (Å²) in [7, 11) is -7.94. The molecule has 28 heavy (non-hydrogen) atoms. The molecule has 1 aromatic carbocycles. The van der Waals surface area contributed by atoms with Crippen LogP contribution in [0.3, 0.4) is 0 Å². The summed E-state index contributed by atoms with van der Waals surface area (Å²) in [6.45, 7) is 0. The van der Waals surface area contributed by atoms with Crippen LogP contribution >= 0.6 is 11.6 Å². The van der Waals surface area contributed by atoms with E-state index in [0.717, 1.165) is 16.8 Å². The van der Waals surface area contributed by atoms with E-state index in [-0.39, 0.29) is 22.7 Å². The van der Waals surface area contributed by atoms with E-state index in [0.29, 0.717) is 0 Å². The van der Waals surface area contributed by atoms with Crippen LogP contribution < -0.4 is 15.0 Å². The number of aromatic nitrogens is 2. The van der Waals surface area contributed by atoms with Gasteiger partial charge in [0.05, 0.1) is 27.9 Å². The van der Waals surface area contributed by atoms with Gasteiger partial charge in [0.15, 0.2) is 0 Å². The van der Waals surface area contributed by atoms with Crippen molar-refractivity contribution < 1.29 is 34.8 Å². The molecule has 0 fully saturated rings. The lowest BCUT2D eigenvalue weighted by Crippen LogP contribution is -2.17. The molecule has 2 N–H and O–H groups in total. The van der Waals surface area contributed by atoms with Crippen molar-refractivity contribution in [1.29, 1.82) is 0 Å². The zero-order chi connectivity index (χ0) is 23.4. The fourth-order valence-electron chi connectivity index (χ4n) is 2.38. The minimum Gasteiger partial charge on any atom is -0.495 e. The van der Waals surface area contributed by atoms with Crippen LogP contribution in [0.2, 0.25) is 5.02 Å². The molecule has 7 nitrogen and oxygen atoms in total. The summed E-state index contributed by atoms with van der Waals surface area (Å²) in [4.78, 5) is 11.4. The number of pyridine rings is 1. The third-order valence-electron chi connectivity index (χ3n) is 3.63. The first kappa shape index (κ1) is 16.2. The van der Waals surface area contributed by atoms with E-state index in [2.05, 4.69) is 9.84 Å². The average molecular weight is 443 g/mol. The summed E-state index contributed by atoms with van der Waals surface area (Å²) < 4.78 is 107. The van der Waals surface area contributed by atoms with Gasteiger partial charge in [0, 0.05) is 12.3 Å². The molecule has 13 heteroatoms. The molecule has 0 aliphatic rings. The number of nitrogens with one attached hydrogen (secondary N) is 2. The van der Waals surface area contributed by atoms with E-state index in [1.54, 1.807) is 4.72 Å². The Balaban J connectivity index is 2.14. The van der Waals surface area contributed by atoms with Crippen molar-refractivity contribution >= 4 is 32.8 Å². The Morgan fingerprint density at radius 2 is 2.04 bits per heavy atom. The van der Waals surface area contributed by atoms with Crippen molar-refractivity contribution in [2.24, 2.45) is 0 Å². The highest BCUT2D eigenvalue weighted by atomic mass is 35.5. The van der Waals surface area contributed by atoms with Gasteiger partial charge in [-0.1, -0.05) is 11.6 Å². The SMILES string of the molecule is [2H]C([2H])([2H])Oc1cc(C(F)(F)F)c(F)cc1NS(=O)(=O)c1c[nH]n2c(=O)c(Cl)ccc12. The van der Waals surface area contributed by atoms with Crippen molar-refractivity contribution in [3.05, 3.63) is 57.2 Å². The molecule has 0 aliphatic carbocycles. The summed E-state index contributed by atoms with van der Waals surface area (Å²) >= 11 is 5.67. The van der Waals surface area contributed by atoms with E-state index >= 15 is 0 Å². The molecular formula is C15H10ClF4N3O4S. The van der Waals surface area contributed by atoms with Gasteiger partial charge in [-0.3, -0.25) is 14.6 Å². The molecule has 0 amide bonds. The zero-order valence-corrected chi connectivity index (χ0v) is 14.8. The summed E-state index contributed by atoms with van der Waals surface area (Å²) in [5.74, 6) is -2.96. The number of aromatic amines is 1. The molecule has 0 radical (unpaired) electrons. The van der Waals surface area contributed by atoms with Crippen molar-refractivity contribution in [1.82, 2.24) is 9.61 Å². The first-order valence-electron chi connectivity index (χ1n) is 8.61. The number of rotatable bonds is 4. The predicted molar refractivity (Wildman–Crippen MR) is 91.8 cm³/mol. The van der Waals surface area contributed by atoms with E-state index in [4.69, 9.17) is 15.7 Å².